The largest absolute Gasteiger partial charge is 0.497 e. The highest BCUT2D eigenvalue weighted by Gasteiger charge is 2.34. The molecule has 1 aromatic carbocycles. The topological polar surface area (TPSA) is 75.9 Å². The van der Waals surface area contributed by atoms with Crippen LogP contribution in [-0.2, 0) is 10.0 Å². The molecule has 4 rings (SSSR count). The summed E-state index contributed by atoms with van der Waals surface area (Å²) in [4.78, 5) is 4.21. The van der Waals surface area contributed by atoms with Crippen LogP contribution in [0, 0.1) is 13.8 Å². The average Bonchev–Trinajstić information content (AvgIpc) is 3.35. The third kappa shape index (κ3) is 3.65. The number of aromatic nitrogens is 1. The third-order valence-electron chi connectivity index (χ3n) is 5.16. The van der Waals surface area contributed by atoms with E-state index in [1.54, 1.807) is 17.5 Å². The second-order valence-corrected chi connectivity index (χ2v) is 10.2. The number of piperazine rings is 1. The van der Waals surface area contributed by atoms with Gasteiger partial charge in [0, 0.05) is 47.7 Å². The molecule has 3 aromatic rings. The van der Waals surface area contributed by atoms with Crippen LogP contribution < -0.4 is 9.64 Å². The predicted molar refractivity (Wildman–Crippen MR) is 113 cm³/mol. The summed E-state index contributed by atoms with van der Waals surface area (Å²) >= 11 is 1.47. The van der Waals surface area contributed by atoms with Crippen molar-refractivity contribution in [2.24, 2.45) is 0 Å². The number of hydrogen-bond acceptors (Lipinski definition) is 7. The Morgan fingerprint density at radius 1 is 1.03 bits per heavy atom. The van der Waals surface area contributed by atoms with Crippen LogP contribution in [0.3, 0.4) is 0 Å². The molecule has 0 unspecified atom stereocenters. The number of aryl methyl sites for hydroxylation is 2. The Balaban J connectivity index is 1.57. The summed E-state index contributed by atoms with van der Waals surface area (Å²) in [6.45, 7) is 5.88. The molecule has 0 aliphatic carbocycles. The number of rotatable bonds is 5. The van der Waals surface area contributed by atoms with Gasteiger partial charge in [0.2, 0.25) is 10.0 Å². The summed E-state index contributed by atoms with van der Waals surface area (Å²) in [6, 6.07) is 9.53. The lowest BCUT2D eigenvalue weighted by molar-refractivity contribution is 0.384. The first kappa shape index (κ1) is 19.9. The van der Waals surface area contributed by atoms with Crippen LogP contribution in [-0.4, -0.2) is 51.2 Å². The molecule has 0 amide bonds. The lowest BCUT2D eigenvalue weighted by Crippen LogP contribution is -2.48. The molecule has 0 N–H and O–H groups in total. The molecule has 9 heteroatoms. The van der Waals surface area contributed by atoms with Gasteiger partial charge in [0.1, 0.15) is 10.6 Å². The summed E-state index contributed by atoms with van der Waals surface area (Å²) in [7, 11) is -2.00. The highest BCUT2D eigenvalue weighted by Crippen LogP contribution is 2.40. The van der Waals surface area contributed by atoms with Crippen molar-refractivity contribution in [1.29, 1.82) is 0 Å². The first-order valence-electron chi connectivity index (χ1n) is 9.32. The first-order chi connectivity index (χ1) is 13.9. The van der Waals surface area contributed by atoms with Gasteiger partial charge in [-0.1, -0.05) is 5.16 Å². The van der Waals surface area contributed by atoms with Gasteiger partial charge in [-0.05, 0) is 38.1 Å². The standard InChI is InChI=1S/C20H23N3O4S2/c1-14-19(18-8-9-21-27-18)20(15(2)28-14)29(24,25)23-12-10-22(11-13-23)16-4-6-17(26-3)7-5-16/h4-9H,10-13H2,1-3H3. The second kappa shape index (κ2) is 7.81. The molecule has 7 nitrogen and oxygen atoms in total. The van der Waals surface area contributed by atoms with Crippen LogP contribution in [0.5, 0.6) is 5.75 Å². The Hall–Kier alpha value is -2.36. The molecule has 0 radical (unpaired) electrons. The van der Waals surface area contributed by atoms with E-state index < -0.39 is 10.0 Å². The Bertz CT molecular complexity index is 1080. The normalized spacial score (nSPS) is 15.6. The van der Waals surface area contributed by atoms with E-state index in [1.165, 1.54) is 17.5 Å². The lowest BCUT2D eigenvalue weighted by atomic mass is 10.2. The number of methoxy groups -OCH3 is 1. The second-order valence-electron chi connectivity index (χ2n) is 6.88. The van der Waals surface area contributed by atoms with Gasteiger partial charge >= 0.3 is 0 Å². The number of sulfonamides is 1. The maximum absolute atomic E-state index is 13.5. The Morgan fingerprint density at radius 3 is 2.31 bits per heavy atom. The van der Waals surface area contributed by atoms with E-state index in [4.69, 9.17) is 9.26 Å². The average molecular weight is 434 g/mol. The van der Waals surface area contributed by atoms with E-state index in [9.17, 15) is 8.42 Å². The first-order valence-corrected chi connectivity index (χ1v) is 11.6. The molecular formula is C20H23N3O4S2. The number of benzene rings is 1. The van der Waals surface area contributed by atoms with Crippen molar-refractivity contribution in [3.8, 4) is 17.1 Å². The summed E-state index contributed by atoms with van der Waals surface area (Å²) in [5.41, 5.74) is 1.69. The highest BCUT2D eigenvalue weighted by atomic mass is 32.2. The smallest absolute Gasteiger partial charge is 0.245 e. The summed E-state index contributed by atoms with van der Waals surface area (Å²) in [5, 5.41) is 3.75. The molecule has 0 atom stereocenters. The zero-order chi connectivity index (χ0) is 20.6. The van der Waals surface area contributed by atoms with Crippen molar-refractivity contribution in [2.45, 2.75) is 18.7 Å². The number of hydrogen-bond donors (Lipinski definition) is 0. The van der Waals surface area contributed by atoms with Crippen molar-refractivity contribution in [3.63, 3.8) is 0 Å². The van der Waals surface area contributed by atoms with Crippen molar-refractivity contribution in [3.05, 3.63) is 46.3 Å². The minimum absolute atomic E-state index is 0.342. The van der Waals surface area contributed by atoms with Gasteiger partial charge in [-0.2, -0.15) is 4.31 Å². The zero-order valence-corrected chi connectivity index (χ0v) is 18.2. The van der Waals surface area contributed by atoms with E-state index in [-0.39, 0.29) is 0 Å². The van der Waals surface area contributed by atoms with Gasteiger partial charge < -0.3 is 14.2 Å². The van der Waals surface area contributed by atoms with Gasteiger partial charge in [-0.3, -0.25) is 0 Å². The SMILES string of the molecule is COc1ccc(N2CCN(S(=O)(=O)c3c(C)sc(C)c3-c3ccno3)CC2)cc1. The maximum atomic E-state index is 13.5. The van der Waals surface area contributed by atoms with Gasteiger partial charge in [0.15, 0.2) is 5.76 Å². The van der Waals surface area contributed by atoms with Crippen LogP contribution in [0.1, 0.15) is 9.75 Å². The van der Waals surface area contributed by atoms with Crippen LogP contribution in [0.15, 0.2) is 45.9 Å². The summed E-state index contributed by atoms with van der Waals surface area (Å²) in [6.07, 6.45) is 1.53. The fourth-order valence-electron chi connectivity index (χ4n) is 3.71. The third-order valence-corrected chi connectivity index (χ3v) is 8.38. The van der Waals surface area contributed by atoms with Crippen molar-refractivity contribution >= 4 is 27.0 Å². The number of anilines is 1. The van der Waals surface area contributed by atoms with Gasteiger partial charge in [-0.25, -0.2) is 8.42 Å². The molecular weight excluding hydrogens is 410 g/mol. The Labute approximate surface area is 174 Å². The lowest BCUT2D eigenvalue weighted by Gasteiger charge is -2.35. The quantitative estimate of drug-likeness (QED) is 0.613. The zero-order valence-electron chi connectivity index (χ0n) is 16.6. The highest BCUT2D eigenvalue weighted by molar-refractivity contribution is 7.89. The van der Waals surface area contributed by atoms with Crippen molar-refractivity contribution < 1.29 is 17.7 Å². The van der Waals surface area contributed by atoms with Crippen molar-refractivity contribution in [1.82, 2.24) is 9.46 Å². The van der Waals surface area contributed by atoms with Gasteiger partial charge in [0.05, 0.1) is 18.9 Å². The van der Waals surface area contributed by atoms with E-state index in [2.05, 4.69) is 10.1 Å². The molecule has 1 fully saturated rings. The van der Waals surface area contributed by atoms with E-state index in [0.29, 0.717) is 42.4 Å². The van der Waals surface area contributed by atoms with E-state index in [0.717, 1.165) is 21.2 Å². The molecule has 0 bridgehead atoms. The Kier molecular flexibility index (Phi) is 5.37. The predicted octanol–water partition coefficient (Wildman–Crippen LogP) is 3.54. The number of thiophene rings is 1. The summed E-state index contributed by atoms with van der Waals surface area (Å²) in [5.74, 6) is 1.29. The molecule has 154 valence electrons. The number of ether oxygens (including phenoxy) is 1. The minimum atomic E-state index is -3.64. The van der Waals surface area contributed by atoms with Gasteiger partial charge in [-0.15, -0.1) is 11.3 Å². The summed E-state index contributed by atoms with van der Waals surface area (Å²) < 4.78 is 39.1. The molecule has 1 saturated heterocycles. The maximum Gasteiger partial charge on any atom is 0.245 e. The Morgan fingerprint density at radius 2 is 1.72 bits per heavy atom. The fourth-order valence-corrected chi connectivity index (χ4v) is 6.95. The van der Waals surface area contributed by atoms with Gasteiger partial charge in [0.25, 0.3) is 0 Å². The monoisotopic (exact) mass is 433 g/mol. The van der Waals surface area contributed by atoms with Crippen molar-refractivity contribution in [2.75, 3.05) is 38.2 Å². The van der Waals surface area contributed by atoms with Crippen LogP contribution in [0.2, 0.25) is 0 Å². The number of nitrogens with zero attached hydrogens (tertiary/aromatic N) is 3. The molecule has 2 aromatic heterocycles. The molecule has 0 saturated carbocycles. The van der Waals surface area contributed by atoms with Crippen LogP contribution >= 0.6 is 11.3 Å². The van der Waals surface area contributed by atoms with Crippen LogP contribution in [0.25, 0.3) is 11.3 Å². The molecule has 0 spiro atoms. The molecule has 1 aliphatic rings. The minimum Gasteiger partial charge on any atom is -0.497 e. The molecule has 29 heavy (non-hydrogen) atoms. The molecule has 3 heterocycles. The van der Waals surface area contributed by atoms with Crippen LogP contribution in [0.4, 0.5) is 5.69 Å². The van der Waals surface area contributed by atoms with E-state index >= 15 is 0 Å². The van der Waals surface area contributed by atoms with E-state index in [1.807, 2.05) is 38.1 Å². The fraction of sp³-hybridized carbons (Fsp3) is 0.350. The molecule has 1 aliphatic heterocycles.